The van der Waals surface area contributed by atoms with E-state index < -0.39 is 15.0 Å². The van der Waals surface area contributed by atoms with Gasteiger partial charge in [-0.1, -0.05) is 12.1 Å². The van der Waals surface area contributed by atoms with Gasteiger partial charge in [-0.15, -0.1) is 0 Å². The topological polar surface area (TPSA) is 25.8 Å². The molecule has 0 aromatic carbocycles. The van der Waals surface area contributed by atoms with Gasteiger partial charge in [0.2, 0.25) is 0 Å². The van der Waals surface area contributed by atoms with E-state index >= 15 is 0 Å². The van der Waals surface area contributed by atoms with Crippen LogP contribution in [0.1, 0.15) is 0 Å². The van der Waals surface area contributed by atoms with Crippen LogP contribution < -0.4 is 0 Å². The van der Waals surface area contributed by atoms with Gasteiger partial charge in [0.1, 0.15) is 0 Å². The summed E-state index contributed by atoms with van der Waals surface area (Å²) in [5.74, 6) is 0. The van der Waals surface area contributed by atoms with Crippen molar-refractivity contribution in [2.75, 3.05) is 0 Å². The molecule has 90 valence electrons. The molecule has 5 heteroatoms. The minimum absolute atomic E-state index is 0.915. The van der Waals surface area contributed by atoms with E-state index in [1.165, 1.54) is 0 Å². The van der Waals surface area contributed by atoms with Crippen molar-refractivity contribution < 1.29 is 0 Å². The number of hydrogen-bond donors (Lipinski definition) is 0. The normalized spacial score (nSPS) is 10.4. The van der Waals surface area contributed by atoms with E-state index in [9.17, 15) is 0 Å². The Kier molecular flexibility index (Phi) is 6.44. The van der Waals surface area contributed by atoms with Crippen LogP contribution in [0.5, 0.6) is 0 Å². The molecule has 0 atom stereocenters. The molecule has 0 unspecified atom stereocenters. The smallest absolute Gasteiger partial charge is 0.0886 e. The molecule has 0 fully saturated rings. The fourth-order valence-corrected chi connectivity index (χ4v) is 1.03. The van der Waals surface area contributed by atoms with Gasteiger partial charge in [0.15, 0.2) is 0 Å². The molecule has 2 heterocycles. The van der Waals surface area contributed by atoms with Crippen molar-refractivity contribution in [3.05, 3.63) is 48.8 Å². The van der Waals surface area contributed by atoms with Crippen molar-refractivity contribution in [1.82, 2.24) is 9.97 Å². The van der Waals surface area contributed by atoms with Crippen LogP contribution in [0.3, 0.4) is 0 Å². The molecule has 2 nitrogen and oxygen atoms in total. The summed E-state index contributed by atoms with van der Waals surface area (Å²) < 4.78 is 0. The molecular weight excluding hydrogens is 406 g/mol. The maximum Gasteiger partial charge on any atom is 0.0886 e. The summed E-state index contributed by atoms with van der Waals surface area (Å²) in [6.45, 7) is 0. The van der Waals surface area contributed by atoms with Crippen LogP contribution in [0, 0.1) is 0 Å². The van der Waals surface area contributed by atoms with Crippen LogP contribution in [-0.2, 0) is 0 Å². The second kappa shape index (κ2) is 7.34. The van der Waals surface area contributed by atoms with Crippen molar-refractivity contribution in [2.24, 2.45) is 0 Å². The second-order valence-electron chi connectivity index (χ2n) is 3.76. The van der Waals surface area contributed by atoms with E-state index in [1.54, 1.807) is 12.4 Å². The van der Waals surface area contributed by atoms with Crippen LogP contribution in [-0.4, -0.2) is 25.0 Å². The van der Waals surface area contributed by atoms with Gasteiger partial charge in [0, 0.05) is 12.4 Å². The summed E-state index contributed by atoms with van der Waals surface area (Å²) in [4.78, 5) is 12.5. The van der Waals surface area contributed by atoms with Crippen LogP contribution in [0.4, 0.5) is 0 Å². The Bertz CT molecular complexity index is 388. The average Bonchev–Trinajstić information content (AvgIpc) is 2.29. The first-order valence-electron chi connectivity index (χ1n) is 5.17. The molecule has 0 amide bonds. The molecular formula is C12H14BrClN2Sn. The third-order valence-electron chi connectivity index (χ3n) is 1.59. The van der Waals surface area contributed by atoms with E-state index in [4.69, 9.17) is 8.92 Å². The third kappa shape index (κ3) is 7.73. The van der Waals surface area contributed by atoms with Crippen molar-refractivity contribution in [3.63, 3.8) is 0 Å². The molecule has 0 aliphatic rings. The molecule has 0 saturated heterocycles. The second-order valence-corrected chi connectivity index (χ2v) is 34.0. The summed E-state index contributed by atoms with van der Waals surface area (Å²) in [7, 11) is 5.66. The molecule has 0 bridgehead atoms. The Morgan fingerprint density at radius 1 is 0.941 bits per heavy atom. The number of nitrogens with zero attached hydrogens (tertiary/aromatic N) is 2. The van der Waals surface area contributed by atoms with Crippen LogP contribution in [0.25, 0.3) is 11.4 Å². The van der Waals surface area contributed by atoms with Crippen LogP contribution in [0.15, 0.2) is 48.8 Å². The summed E-state index contributed by atoms with van der Waals surface area (Å²) >= 11 is 1.46. The Balaban J connectivity index is 0.000000249. The molecule has 0 aliphatic heterocycles. The van der Waals surface area contributed by atoms with Gasteiger partial charge in [0.25, 0.3) is 0 Å². The van der Waals surface area contributed by atoms with Gasteiger partial charge in [-0.3, -0.25) is 9.97 Å². The number of aromatic nitrogens is 2. The fourth-order valence-electron chi connectivity index (χ4n) is 1.03. The van der Waals surface area contributed by atoms with Gasteiger partial charge in [0.05, 0.1) is 11.4 Å². The molecule has 0 aliphatic carbocycles. The zero-order valence-electron chi connectivity index (χ0n) is 9.77. The maximum atomic E-state index is 5.66. The van der Waals surface area contributed by atoms with E-state index in [0.29, 0.717) is 0 Å². The Morgan fingerprint density at radius 3 is 1.53 bits per heavy atom. The molecule has 0 radical (unpaired) electrons. The monoisotopic (exact) mass is 420 g/mol. The van der Waals surface area contributed by atoms with E-state index in [0.717, 1.165) is 11.4 Å². The average molecular weight is 420 g/mol. The van der Waals surface area contributed by atoms with Gasteiger partial charge >= 0.3 is 46.5 Å². The first-order chi connectivity index (χ1) is 7.97. The zero-order chi connectivity index (χ0) is 12.7. The van der Waals surface area contributed by atoms with Gasteiger partial charge < -0.3 is 0 Å². The summed E-state index contributed by atoms with van der Waals surface area (Å²) in [5, 5.41) is 0. The van der Waals surface area contributed by atoms with E-state index in [2.05, 4.69) is 32.6 Å². The number of halogens is 2. The molecule has 2 aromatic heterocycles. The SMILES string of the molecule is [CH3][Sn]([CH3])([Cl])[Br].c1ccc(-c2ccccn2)nc1. The fraction of sp³-hybridized carbons (Fsp3) is 0.167. The molecule has 2 rings (SSSR count). The Hall–Kier alpha value is -0.131. The molecule has 0 N–H and O–H groups in total. The first-order valence-corrected chi connectivity index (χ1v) is 20.9. The quantitative estimate of drug-likeness (QED) is 0.637. The number of pyridine rings is 2. The minimum atomic E-state index is -1.90. The molecule has 2 aromatic rings. The van der Waals surface area contributed by atoms with E-state index in [-0.39, 0.29) is 0 Å². The van der Waals surface area contributed by atoms with Crippen LogP contribution in [0.2, 0.25) is 9.88 Å². The van der Waals surface area contributed by atoms with Crippen molar-refractivity contribution >= 4 is 36.7 Å². The standard InChI is InChI=1S/C10H8N2.2CH3.BrH.ClH.Sn/c1-3-7-11-9(5-1)10-6-2-4-8-12-10;;;;;/h1-8H;2*1H3;2*1H;/q;;;;;+2/p-2. The van der Waals surface area contributed by atoms with Crippen LogP contribution >= 0.6 is 21.6 Å². The molecule has 0 saturated carbocycles. The largest absolute Gasteiger partial charge is 0.255 e. The molecule has 0 spiro atoms. The predicted octanol–water partition coefficient (Wildman–Crippen LogP) is 4.47. The zero-order valence-corrected chi connectivity index (χ0v) is 15.0. The van der Waals surface area contributed by atoms with E-state index in [1.807, 2.05) is 36.4 Å². The number of hydrogen-bond acceptors (Lipinski definition) is 2. The Morgan fingerprint density at radius 2 is 1.29 bits per heavy atom. The van der Waals surface area contributed by atoms with Crippen molar-refractivity contribution in [2.45, 2.75) is 9.88 Å². The number of rotatable bonds is 1. The van der Waals surface area contributed by atoms with Crippen molar-refractivity contribution in [3.8, 4) is 11.4 Å². The maximum absolute atomic E-state index is 5.66. The first kappa shape index (κ1) is 14.9. The molecule has 17 heavy (non-hydrogen) atoms. The van der Waals surface area contributed by atoms with Gasteiger partial charge in [-0.25, -0.2) is 0 Å². The van der Waals surface area contributed by atoms with Gasteiger partial charge in [-0.05, 0) is 24.3 Å². The summed E-state index contributed by atoms with van der Waals surface area (Å²) in [5.41, 5.74) is 1.83. The van der Waals surface area contributed by atoms with Gasteiger partial charge in [-0.2, -0.15) is 0 Å². The minimum Gasteiger partial charge on any atom is -0.255 e. The predicted molar refractivity (Wildman–Crippen MR) is 79.7 cm³/mol. The van der Waals surface area contributed by atoms with Crippen molar-refractivity contribution in [1.29, 1.82) is 0 Å². The third-order valence-corrected chi connectivity index (χ3v) is 1.59. The summed E-state index contributed by atoms with van der Waals surface area (Å²) in [6.07, 6.45) is 3.54. The Labute approximate surface area is 116 Å². The summed E-state index contributed by atoms with van der Waals surface area (Å²) in [6, 6.07) is 11.6.